The number of sulfonamides is 1. The molecule has 18 heavy (non-hydrogen) atoms. The van der Waals surface area contributed by atoms with E-state index in [0.717, 1.165) is 19.3 Å². The highest BCUT2D eigenvalue weighted by Crippen LogP contribution is 2.15. The average Bonchev–Trinajstić information content (AvgIpc) is 2.32. The molecule has 1 aromatic rings. The number of hydrogen-bond acceptors (Lipinski definition) is 3. The van der Waals surface area contributed by atoms with Gasteiger partial charge in [-0.1, -0.05) is 31.4 Å². The predicted molar refractivity (Wildman–Crippen MR) is 71.4 cm³/mol. The molecular formula is C11H17ClN2O3S. The maximum Gasteiger partial charge on any atom is 0.266 e. The molecule has 0 amide bonds. The molecule has 1 rings (SSSR count). The summed E-state index contributed by atoms with van der Waals surface area (Å²) in [5.41, 5.74) is -0.496. The summed E-state index contributed by atoms with van der Waals surface area (Å²) in [6, 6.07) is 1.17. The number of nitrogens with zero attached hydrogens (tertiary/aromatic N) is 1. The van der Waals surface area contributed by atoms with Crippen molar-refractivity contribution in [2.24, 2.45) is 0 Å². The molecule has 0 saturated heterocycles. The fourth-order valence-electron chi connectivity index (χ4n) is 1.47. The second-order valence-corrected chi connectivity index (χ2v) is 6.50. The van der Waals surface area contributed by atoms with Crippen LogP contribution in [0.3, 0.4) is 0 Å². The molecule has 0 radical (unpaired) electrons. The smallest absolute Gasteiger partial charge is 0.266 e. The van der Waals surface area contributed by atoms with Crippen molar-refractivity contribution in [3.05, 3.63) is 27.6 Å². The van der Waals surface area contributed by atoms with E-state index < -0.39 is 15.6 Å². The van der Waals surface area contributed by atoms with E-state index in [2.05, 4.69) is 11.9 Å². The molecule has 0 fully saturated rings. The second-order valence-electron chi connectivity index (χ2n) is 4.05. The Morgan fingerprint density at radius 2 is 2.06 bits per heavy atom. The minimum Gasteiger partial charge on any atom is -0.326 e. The third-order valence-corrected chi connectivity index (χ3v) is 4.73. The Balaban J connectivity index is 2.91. The third kappa shape index (κ3) is 3.57. The van der Waals surface area contributed by atoms with E-state index in [9.17, 15) is 13.2 Å². The predicted octanol–water partition coefficient (Wildman–Crippen LogP) is 1.84. The van der Waals surface area contributed by atoms with Crippen LogP contribution < -0.4 is 5.56 Å². The van der Waals surface area contributed by atoms with Crippen LogP contribution in [0, 0.1) is 0 Å². The molecule has 1 aromatic heterocycles. The van der Waals surface area contributed by atoms with Crippen LogP contribution in [0.5, 0.6) is 0 Å². The van der Waals surface area contributed by atoms with E-state index in [0.29, 0.717) is 6.54 Å². The van der Waals surface area contributed by atoms with E-state index in [1.165, 1.54) is 23.6 Å². The van der Waals surface area contributed by atoms with Crippen molar-refractivity contribution in [2.75, 3.05) is 13.6 Å². The lowest BCUT2D eigenvalue weighted by atomic mass is 10.2. The van der Waals surface area contributed by atoms with Crippen LogP contribution in [-0.4, -0.2) is 31.3 Å². The van der Waals surface area contributed by atoms with Crippen molar-refractivity contribution in [1.29, 1.82) is 0 Å². The molecule has 0 aliphatic rings. The van der Waals surface area contributed by atoms with Crippen LogP contribution in [0.15, 0.2) is 22.0 Å². The van der Waals surface area contributed by atoms with Crippen LogP contribution in [0.1, 0.15) is 26.2 Å². The Bertz CT molecular complexity index is 554. The van der Waals surface area contributed by atoms with E-state index in [1.54, 1.807) is 0 Å². The number of aromatic amines is 1. The van der Waals surface area contributed by atoms with Crippen molar-refractivity contribution in [1.82, 2.24) is 9.29 Å². The van der Waals surface area contributed by atoms with Crippen LogP contribution >= 0.6 is 11.6 Å². The molecule has 0 spiro atoms. The van der Waals surface area contributed by atoms with E-state index in [-0.39, 0.29) is 9.92 Å². The standard InChI is InChI=1S/C11H17ClN2O3S/c1-3-4-5-6-14(2)18(16,17)9-7-10(12)11(15)13-8-9/h7-8H,3-6H2,1-2H3,(H,13,15). The van der Waals surface area contributed by atoms with Crippen LogP contribution in [0.25, 0.3) is 0 Å². The maximum atomic E-state index is 12.1. The van der Waals surface area contributed by atoms with Crippen LogP contribution in [0.4, 0.5) is 0 Å². The molecule has 0 aliphatic heterocycles. The maximum absolute atomic E-state index is 12.1. The number of H-pyrrole nitrogens is 1. The average molecular weight is 293 g/mol. The van der Waals surface area contributed by atoms with Gasteiger partial charge in [0, 0.05) is 19.8 Å². The Morgan fingerprint density at radius 1 is 1.39 bits per heavy atom. The van der Waals surface area contributed by atoms with Gasteiger partial charge in [-0.25, -0.2) is 12.7 Å². The zero-order valence-electron chi connectivity index (χ0n) is 10.4. The summed E-state index contributed by atoms with van der Waals surface area (Å²) < 4.78 is 25.5. The Morgan fingerprint density at radius 3 is 2.61 bits per heavy atom. The van der Waals surface area contributed by atoms with Gasteiger partial charge >= 0.3 is 0 Å². The molecule has 0 saturated carbocycles. The number of pyridine rings is 1. The summed E-state index contributed by atoms with van der Waals surface area (Å²) in [6.45, 7) is 2.50. The second kappa shape index (κ2) is 6.36. The molecule has 0 atom stereocenters. The molecular weight excluding hydrogens is 276 g/mol. The molecule has 1 N–H and O–H groups in total. The van der Waals surface area contributed by atoms with Crippen LogP contribution in [0.2, 0.25) is 5.02 Å². The molecule has 0 unspecified atom stereocenters. The summed E-state index contributed by atoms with van der Waals surface area (Å²) in [5, 5.41) is -0.127. The Hall–Kier alpha value is -0.850. The van der Waals surface area contributed by atoms with Gasteiger partial charge in [0.1, 0.15) is 5.02 Å². The molecule has 1 heterocycles. The van der Waals surface area contributed by atoms with Gasteiger partial charge in [-0.05, 0) is 12.5 Å². The molecule has 5 nitrogen and oxygen atoms in total. The zero-order valence-corrected chi connectivity index (χ0v) is 12.0. The normalized spacial score (nSPS) is 12.0. The van der Waals surface area contributed by atoms with Gasteiger partial charge in [0.05, 0.1) is 4.90 Å². The monoisotopic (exact) mass is 292 g/mol. The summed E-state index contributed by atoms with van der Waals surface area (Å²) in [4.78, 5) is 13.4. The lowest BCUT2D eigenvalue weighted by molar-refractivity contribution is 0.454. The van der Waals surface area contributed by atoms with Gasteiger partial charge < -0.3 is 4.98 Å². The van der Waals surface area contributed by atoms with E-state index in [4.69, 9.17) is 11.6 Å². The number of unbranched alkanes of at least 4 members (excludes halogenated alkanes) is 2. The van der Waals surface area contributed by atoms with Gasteiger partial charge in [0.2, 0.25) is 10.0 Å². The van der Waals surface area contributed by atoms with E-state index in [1.807, 2.05) is 0 Å². The lowest BCUT2D eigenvalue weighted by Crippen LogP contribution is -2.28. The largest absolute Gasteiger partial charge is 0.326 e. The zero-order chi connectivity index (χ0) is 13.8. The van der Waals surface area contributed by atoms with Crippen molar-refractivity contribution >= 4 is 21.6 Å². The quantitative estimate of drug-likeness (QED) is 0.813. The Kier molecular flexibility index (Phi) is 5.37. The van der Waals surface area contributed by atoms with Crippen molar-refractivity contribution < 1.29 is 8.42 Å². The van der Waals surface area contributed by atoms with Gasteiger partial charge in [-0.2, -0.15) is 0 Å². The third-order valence-electron chi connectivity index (χ3n) is 2.62. The van der Waals surface area contributed by atoms with Crippen molar-refractivity contribution in [3.63, 3.8) is 0 Å². The summed E-state index contributed by atoms with van der Waals surface area (Å²) in [6.07, 6.45) is 3.98. The van der Waals surface area contributed by atoms with E-state index >= 15 is 0 Å². The van der Waals surface area contributed by atoms with Crippen molar-refractivity contribution in [2.45, 2.75) is 31.1 Å². The van der Waals surface area contributed by atoms with Gasteiger partial charge in [0.15, 0.2) is 0 Å². The highest BCUT2D eigenvalue weighted by atomic mass is 35.5. The van der Waals surface area contributed by atoms with Crippen LogP contribution in [-0.2, 0) is 10.0 Å². The van der Waals surface area contributed by atoms with Gasteiger partial charge in [-0.3, -0.25) is 4.79 Å². The first-order valence-electron chi connectivity index (χ1n) is 5.74. The molecule has 0 aromatic carbocycles. The highest BCUT2D eigenvalue weighted by molar-refractivity contribution is 7.89. The number of aromatic nitrogens is 1. The fourth-order valence-corrected chi connectivity index (χ4v) is 2.91. The van der Waals surface area contributed by atoms with Gasteiger partial charge in [0.25, 0.3) is 5.56 Å². The highest BCUT2D eigenvalue weighted by Gasteiger charge is 2.21. The Labute approximate surface area is 112 Å². The first-order valence-corrected chi connectivity index (χ1v) is 7.56. The summed E-state index contributed by atoms with van der Waals surface area (Å²) >= 11 is 5.62. The van der Waals surface area contributed by atoms with Crippen molar-refractivity contribution in [3.8, 4) is 0 Å². The first-order chi connectivity index (χ1) is 8.39. The SMILES string of the molecule is CCCCCN(C)S(=O)(=O)c1c[nH]c(=O)c(Cl)c1. The summed E-state index contributed by atoms with van der Waals surface area (Å²) in [5.74, 6) is 0. The molecule has 102 valence electrons. The minimum atomic E-state index is -3.58. The molecule has 7 heteroatoms. The topological polar surface area (TPSA) is 70.2 Å². The number of halogens is 1. The molecule has 0 bridgehead atoms. The fraction of sp³-hybridized carbons (Fsp3) is 0.545. The first kappa shape index (κ1) is 15.2. The molecule has 0 aliphatic carbocycles. The number of rotatable bonds is 6. The number of hydrogen-bond donors (Lipinski definition) is 1. The minimum absolute atomic E-state index is 0.00565. The summed E-state index contributed by atoms with van der Waals surface area (Å²) in [7, 11) is -2.06. The lowest BCUT2D eigenvalue weighted by Gasteiger charge is -2.16. The number of nitrogens with one attached hydrogen (secondary N) is 1. The van der Waals surface area contributed by atoms with Gasteiger partial charge in [-0.15, -0.1) is 0 Å².